The van der Waals surface area contributed by atoms with Crippen molar-refractivity contribution in [2.24, 2.45) is 0 Å². The Labute approximate surface area is 784 Å². The predicted molar refractivity (Wildman–Crippen MR) is 574 cm³/mol. The SMILES string of the molecule is Brc1c2ccccc2c(Br)c2ccccc12.CC1(C)c2cc(N(c3ccccc3)c3c4ccccc4c(N(c4ccccc4)c4ccc5c(c4)C(C)(C)c4cc6c7ccccc7c7ccccc7c6cc4-5)c4ccccc34)ccc2-c2cc3c4ccccc4c4ccccc4c3cc21.CC1(C)c2cc(Nc3ccccc3)ccc2-c2cc3c4ccccc4c4ccccc4c3cc21. The van der Waals surface area contributed by atoms with Crippen molar-refractivity contribution in [2.75, 3.05) is 15.1 Å². The molecule has 626 valence electrons. The van der Waals surface area contributed by atoms with Crippen molar-refractivity contribution in [3.8, 4) is 33.4 Å². The Morgan fingerprint density at radius 2 is 0.379 bits per heavy atom. The van der Waals surface area contributed by atoms with Crippen LogP contribution in [0.5, 0.6) is 0 Å². The Morgan fingerprint density at radius 1 is 0.167 bits per heavy atom. The average Bonchev–Trinajstić information content (AvgIpc) is 1.20. The molecule has 132 heavy (non-hydrogen) atoms. The van der Waals surface area contributed by atoms with Gasteiger partial charge in [-0.05, 0) is 326 Å². The van der Waals surface area contributed by atoms with Gasteiger partial charge in [-0.15, -0.1) is 0 Å². The average molecular weight is 1820 g/mol. The van der Waals surface area contributed by atoms with Crippen molar-refractivity contribution in [1.29, 1.82) is 0 Å². The smallest absolute Gasteiger partial charge is 0.0619 e. The number of hydrogen-bond donors (Lipinski definition) is 1. The number of nitrogens with one attached hydrogen (secondary N) is 1. The van der Waals surface area contributed by atoms with E-state index in [9.17, 15) is 0 Å². The monoisotopic (exact) mass is 1810 g/mol. The molecule has 0 bridgehead atoms. The van der Waals surface area contributed by atoms with Crippen molar-refractivity contribution >= 4 is 217 Å². The highest BCUT2D eigenvalue weighted by atomic mass is 79.9. The van der Waals surface area contributed by atoms with E-state index in [1.54, 1.807) is 0 Å². The lowest BCUT2D eigenvalue weighted by molar-refractivity contribution is 0.661. The quantitative estimate of drug-likeness (QED) is 0.0929. The normalized spacial score (nSPS) is 13.5. The summed E-state index contributed by atoms with van der Waals surface area (Å²) in [6.07, 6.45) is 0. The molecule has 0 aliphatic heterocycles. The van der Waals surface area contributed by atoms with Gasteiger partial charge in [-0.1, -0.05) is 357 Å². The van der Waals surface area contributed by atoms with E-state index < -0.39 is 0 Å². The zero-order valence-electron chi connectivity index (χ0n) is 74.1. The van der Waals surface area contributed by atoms with Crippen LogP contribution >= 0.6 is 31.9 Å². The molecule has 0 radical (unpaired) electrons. The lowest BCUT2D eigenvalue weighted by Crippen LogP contribution is -2.18. The molecule has 5 heteroatoms. The largest absolute Gasteiger partial charge is 0.356 e. The maximum absolute atomic E-state index is 3.70. The summed E-state index contributed by atoms with van der Waals surface area (Å²) in [4.78, 5) is 5.06. The summed E-state index contributed by atoms with van der Waals surface area (Å²) in [7, 11) is 0. The van der Waals surface area contributed by atoms with Crippen LogP contribution in [0.25, 0.3) is 173 Å². The molecule has 24 aromatic carbocycles. The first-order valence-corrected chi connectivity index (χ1v) is 47.5. The van der Waals surface area contributed by atoms with E-state index in [1.165, 1.54) is 216 Å². The van der Waals surface area contributed by atoms with Gasteiger partial charge in [0.1, 0.15) is 0 Å². The fourth-order valence-electron chi connectivity index (χ4n) is 23.0. The minimum absolute atomic E-state index is 0.0695. The van der Waals surface area contributed by atoms with Crippen molar-refractivity contribution in [3.05, 3.63) is 467 Å². The van der Waals surface area contributed by atoms with Crippen LogP contribution in [-0.2, 0) is 16.2 Å². The molecule has 0 spiro atoms. The Morgan fingerprint density at radius 3 is 0.659 bits per heavy atom. The number of rotatable bonds is 8. The lowest BCUT2D eigenvalue weighted by Gasteiger charge is -2.34. The van der Waals surface area contributed by atoms with E-state index in [2.05, 4.69) is 507 Å². The van der Waals surface area contributed by atoms with Crippen molar-refractivity contribution in [1.82, 2.24) is 0 Å². The second-order valence-electron chi connectivity index (χ2n) is 37.5. The van der Waals surface area contributed by atoms with Gasteiger partial charge in [-0.2, -0.15) is 0 Å². The van der Waals surface area contributed by atoms with Gasteiger partial charge in [0.05, 0.1) is 11.4 Å². The number of hydrogen-bond acceptors (Lipinski definition) is 3. The Balaban J connectivity index is 0.000000151. The number of nitrogens with zero attached hydrogens (tertiary/aromatic N) is 2. The van der Waals surface area contributed by atoms with Gasteiger partial charge in [-0.25, -0.2) is 0 Å². The van der Waals surface area contributed by atoms with Crippen LogP contribution in [0, 0.1) is 0 Å². The molecule has 0 unspecified atom stereocenters. The summed E-state index contributed by atoms with van der Waals surface area (Å²) in [6, 6.07) is 157. The van der Waals surface area contributed by atoms with E-state index in [0.29, 0.717) is 0 Å². The minimum atomic E-state index is -0.268. The number of para-hydroxylation sites is 3. The molecule has 0 saturated heterocycles. The fourth-order valence-corrected chi connectivity index (χ4v) is 24.4. The highest BCUT2D eigenvalue weighted by Gasteiger charge is 2.41. The number of fused-ring (bicyclic) bond motifs is 31. The van der Waals surface area contributed by atoms with E-state index in [4.69, 9.17) is 0 Å². The molecule has 1 N–H and O–H groups in total. The third-order valence-electron chi connectivity index (χ3n) is 29.3. The topological polar surface area (TPSA) is 18.5 Å². The van der Waals surface area contributed by atoms with E-state index in [-0.39, 0.29) is 16.2 Å². The molecule has 0 amide bonds. The fraction of sp³-hybridized carbons (Fsp3) is 0.0709. The van der Waals surface area contributed by atoms with Gasteiger partial charge in [0.25, 0.3) is 0 Å². The van der Waals surface area contributed by atoms with Crippen molar-refractivity contribution < 1.29 is 0 Å². The molecule has 0 aromatic heterocycles. The Kier molecular flexibility index (Phi) is 18.4. The second-order valence-corrected chi connectivity index (χ2v) is 39.1. The first-order valence-electron chi connectivity index (χ1n) is 45.9. The van der Waals surface area contributed by atoms with Crippen molar-refractivity contribution in [3.63, 3.8) is 0 Å². The molecule has 27 rings (SSSR count). The first kappa shape index (κ1) is 79.2. The van der Waals surface area contributed by atoms with E-state index in [1.807, 2.05) is 6.07 Å². The highest BCUT2D eigenvalue weighted by molar-refractivity contribution is 9.11. The zero-order chi connectivity index (χ0) is 88.6. The third kappa shape index (κ3) is 12.2. The van der Waals surface area contributed by atoms with Gasteiger partial charge in [0, 0.05) is 80.9 Å². The van der Waals surface area contributed by atoms with E-state index in [0.717, 1.165) is 45.5 Å². The van der Waals surface area contributed by atoms with Crippen LogP contribution < -0.4 is 15.1 Å². The molecule has 3 nitrogen and oxygen atoms in total. The lowest BCUT2D eigenvalue weighted by atomic mass is 9.81. The van der Waals surface area contributed by atoms with Crippen LogP contribution in [0.4, 0.5) is 45.5 Å². The minimum Gasteiger partial charge on any atom is -0.356 e. The maximum atomic E-state index is 3.70. The number of anilines is 8. The van der Waals surface area contributed by atoms with E-state index >= 15 is 0 Å². The summed E-state index contributed by atoms with van der Waals surface area (Å²) in [5, 5.41) is 36.9. The van der Waals surface area contributed by atoms with Gasteiger partial charge in [-0.3, -0.25) is 0 Å². The van der Waals surface area contributed by atoms with Gasteiger partial charge >= 0.3 is 0 Å². The summed E-state index contributed by atoms with van der Waals surface area (Å²) in [5.41, 5.74) is 24.6. The number of halogens is 2. The molecule has 0 atom stereocenters. The molecular weight excluding hydrogens is 1730 g/mol. The van der Waals surface area contributed by atoms with Crippen molar-refractivity contribution in [2.45, 2.75) is 57.8 Å². The summed E-state index contributed by atoms with van der Waals surface area (Å²) >= 11 is 7.39. The van der Waals surface area contributed by atoms with Gasteiger partial charge in [0.2, 0.25) is 0 Å². The van der Waals surface area contributed by atoms with Crippen LogP contribution in [0.2, 0.25) is 0 Å². The molecule has 0 fully saturated rings. The predicted octanol–water partition coefficient (Wildman–Crippen LogP) is 37.2. The number of benzene rings is 24. The van der Waals surface area contributed by atoms with Gasteiger partial charge in [0.15, 0.2) is 0 Å². The second kappa shape index (κ2) is 30.6. The standard InChI is InChI=1S/C80H56N2.C33H25N.C14H8Br2/c1-79(2)73-43-51(39-41-61(73)71-45-67-57-31-15-11-27-53(57)55-29-13-17-33-59(55)69(67)47-75(71)79)81(49-23-7-5-8-24-49)77-63-35-19-21-37-65(63)78(66-38-22-20-36-64(66)77)82(50-25-9-6-10-26-50)52-40-42-62-72-46-68-58-32-16-12-28-54(58)56-30-14-18-34-60(56)70(68)48-76(72)80(3,4)74(62)44-52;1-33(2)31-18-22(34-21-10-4-3-5-11-21)16-17-27(31)30-19-28-25-14-8-6-12-23(25)24-13-7-9-15-26(24)29(28)20-32(30)33;15-13-9-5-1-2-6-10(9)14(16)12-8-4-3-7-11(12)13/h5-48H,1-4H3;3-20,34H,1-2H3;1-8H. The molecule has 0 saturated carbocycles. The highest BCUT2D eigenvalue weighted by Crippen LogP contribution is 2.60. The van der Waals surface area contributed by atoms with Crippen LogP contribution in [-0.4, -0.2) is 0 Å². The molecule has 3 aliphatic rings. The molecule has 3 aliphatic carbocycles. The van der Waals surface area contributed by atoms with Gasteiger partial charge < -0.3 is 15.1 Å². The van der Waals surface area contributed by atoms with Crippen LogP contribution in [0.1, 0.15) is 74.9 Å². The Hall–Kier alpha value is -15.0. The third-order valence-corrected chi connectivity index (χ3v) is 31.0. The first-order chi connectivity index (χ1) is 64.6. The maximum Gasteiger partial charge on any atom is 0.0619 e. The summed E-state index contributed by atoms with van der Waals surface area (Å²) < 4.78 is 2.34. The Bertz CT molecular complexity index is 8500. The van der Waals surface area contributed by atoms with Crippen LogP contribution in [0.15, 0.2) is 434 Å². The molecule has 24 aromatic rings. The summed E-state index contributed by atoms with van der Waals surface area (Å²) in [6.45, 7) is 14.4. The summed E-state index contributed by atoms with van der Waals surface area (Å²) in [5.74, 6) is 0. The van der Waals surface area contributed by atoms with Crippen LogP contribution in [0.3, 0.4) is 0 Å². The zero-order valence-corrected chi connectivity index (χ0v) is 77.2. The molecular formula is C127H89Br2N3. The molecule has 0 heterocycles.